The Hall–Kier alpha value is -2.25. The van der Waals surface area contributed by atoms with E-state index in [0.717, 1.165) is 19.2 Å². The van der Waals surface area contributed by atoms with Gasteiger partial charge in [0, 0.05) is 5.56 Å². The van der Waals surface area contributed by atoms with Gasteiger partial charge in [-0.25, -0.2) is 4.79 Å². The van der Waals surface area contributed by atoms with E-state index in [1.54, 1.807) is 0 Å². The van der Waals surface area contributed by atoms with Gasteiger partial charge in [-0.2, -0.15) is 13.2 Å². The first-order chi connectivity index (χ1) is 9.16. The second-order valence-electron chi connectivity index (χ2n) is 3.86. The van der Waals surface area contributed by atoms with E-state index >= 15 is 0 Å². The van der Waals surface area contributed by atoms with Crippen LogP contribution in [0.15, 0.2) is 18.2 Å². The lowest BCUT2D eigenvalue weighted by Gasteiger charge is -2.17. The number of rotatable bonds is 4. The molecule has 0 unspecified atom stereocenters. The fourth-order valence-corrected chi connectivity index (χ4v) is 1.41. The third-order valence-electron chi connectivity index (χ3n) is 2.41. The minimum atomic E-state index is -4.75. The Labute approximate surface area is 112 Å². The van der Waals surface area contributed by atoms with E-state index in [2.05, 4.69) is 4.74 Å². The number of hydrogen-bond acceptors (Lipinski definition) is 4. The van der Waals surface area contributed by atoms with E-state index in [9.17, 15) is 22.8 Å². The van der Waals surface area contributed by atoms with Crippen LogP contribution < -0.4 is 10.5 Å². The predicted octanol–water partition coefficient (Wildman–Crippen LogP) is 1.74. The second kappa shape index (κ2) is 5.81. The Morgan fingerprint density at radius 1 is 1.30 bits per heavy atom. The molecule has 8 heteroatoms. The molecule has 0 aliphatic heterocycles. The molecule has 0 fully saturated rings. The van der Waals surface area contributed by atoms with Crippen LogP contribution in [-0.2, 0) is 15.7 Å². The molecule has 0 heterocycles. The van der Waals surface area contributed by atoms with Crippen LogP contribution in [0.2, 0.25) is 0 Å². The number of carbonyl (C=O) groups excluding carboxylic acids is 2. The van der Waals surface area contributed by atoms with Gasteiger partial charge in [0.1, 0.15) is 5.75 Å². The number of halogens is 3. The number of esters is 1. The monoisotopic (exact) mass is 291 g/mol. The van der Waals surface area contributed by atoms with Crippen LogP contribution in [0.5, 0.6) is 5.75 Å². The number of carbonyl (C=O) groups is 2. The molecule has 1 aromatic rings. The molecule has 0 radical (unpaired) electrons. The molecule has 110 valence electrons. The van der Waals surface area contributed by atoms with Gasteiger partial charge < -0.3 is 15.2 Å². The number of nitrogens with two attached hydrogens (primary N) is 1. The third kappa shape index (κ3) is 3.62. The SMILES string of the molecule is COC(=O)[C@@H](C)Oc1ccc(C(N)=O)cc1C(F)(F)F. The van der Waals surface area contributed by atoms with E-state index in [1.807, 2.05) is 0 Å². The van der Waals surface area contributed by atoms with Crippen LogP contribution in [0.4, 0.5) is 13.2 Å². The summed E-state index contributed by atoms with van der Waals surface area (Å²) in [5, 5.41) is 0. The number of ether oxygens (including phenoxy) is 2. The van der Waals surface area contributed by atoms with Gasteiger partial charge in [0.05, 0.1) is 12.7 Å². The predicted molar refractivity (Wildman–Crippen MR) is 62.1 cm³/mol. The van der Waals surface area contributed by atoms with Crippen LogP contribution >= 0.6 is 0 Å². The summed E-state index contributed by atoms with van der Waals surface area (Å²) in [7, 11) is 1.09. The maximum atomic E-state index is 12.9. The molecule has 0 bridgehead atoms. The maximum Gasteiger partial charge on any atom is 0.419 e. The highest BCUT2D eigenvalue weighted by molar-refractivity contribution is 5.93. The Bertz CT molecular complexity index is 528. The first kappa shape index (κ1) is 15.8. The minimum absolute atomic E-state index is 0.310. The Morgan fingerprint density at radius 2 is 1.90 bits per heavy atom. The molecule has 2 N–H and O–H groups in total. The molecular weight excluding hydrogens is 279 g/mol. The minimum Gasteiger partial charge on any atom is -0.478 e. The van der Waals surface area contributed by atoms with Crippen molar-refractivity contribution >= 4 is 11.9 Å². The quantitative estimate of drug-likeness (QED) is 0.857. The van der Waals surface area contributed by atoms with Crippen LogP contribution in [-0.4, -0.2) is 25.1 Å². The average Bonchev–Trinajstić information content (AvgIpc) is 2.36. The van der Waals surface area contributed by atoms with Crippen LogP contribution in [0.3, 0.4) is 0 Å². The summed E-state index contributed by atoms with van der Waals surface area (Å²) in [4.78, 5) is 22.1. The number of hydrogen-bond donors (Lipinski definition) is 1. The van der Waals surface area contributed by atoms with Crippen molar-refractivity contribution in [2.24, 2.45) is 5.73 Å². The van der Waals surface area contributed by atoms with Gasteiger partial charge in [-0.15, -0.1) is 0 Å². The molecule has 0 aliphatic rings. The fourth-order valence-electron chi connectivity index (χ4n) is 1.41. The summed E-state index contributed by atoms with van der Waals surface area (Å²) in [6.45, 7) is 1.24. The summed E-state index contributed by atoms with van der Waals surface area (Å²) in [5.74, 6) is -2.40. The van der Waals surface area contributed by atoms with Crippen molar-refractivity contribution in [1.82, 2.24) is 0 Å². The first-order valence-corrected chi connectivity index (χ1v) is 5.42. The number of alkyl halides is 3. The molecule has 1 rings (SSSR count). The normalized spacial score (nSPS) is 12.7. The smallest absolute Gasteiger partial charge is 0.419 e. The lowest BCUT2D eigenvalue weighted by atomic mass is 10.1. The van der Waals surface area contributed by atoms with Gasteiger partial charge in [0.15, 0.2) is 6.10 Å². The van der Waals surface area contributed by atoms with E-state index in [1.165, 1.54) is 6.92 Å². The van der Waals surface area contributed by atoms with Gasteiger partial charge in [-0.3, -0.25) is 4.79 Å². The molecular formula is C12H12F3NO4. The van der Waals surface area contributed by atoms with Crippen molar-refractivity contribution in [1.29, 1.82) is 0 Å². The lowest BCUT2D eigenvalue weighted by molar-refractivity contribution is -0.150. The highest BCUT2D eigenvalue weighted by Crippen LogP contribution is 2.37. The van der Waals surface area contributed by atoms with E-state index < -0.39 is 35.5 Å². The number of primary amides is 1. The van der Waals surface area contributed by atoms with Gasteiger partial charge in [-0.1, -0.05) is 0 Å². The molecule has 1 amide bonds. The zero-order valence-corrected chi connectivity index (χ0v) is 10.7. The van der Waals surface area contributed by atoms with Crippen molar-refractivity contribution < 1.29 is 32.2 Å². The molecule has 1 aromatic carbocycles. The molecule has 0 aliphatic carbocycles. The van der Waals surface area contributed by atoms with Crippen molar-refractivity contribution in [2.75, 3.05) is 7.11 Å². The van der Waals surface area contributed by atoms with Crippen LogP contribution in [0, 0.1) is 0 Å². The van der Waals surface area contributed by atoms with Crippen molar-refractivity contribution in [3.05, 3.63) is 29.3 Å². The molecule has 0 aromatic heterocycles. The van der Waals surface area contributed by atoms with Gasteiger partial charge in [0.25, 0.3) is 0 Å². The van der Waals surface area contributed by atoms with Gasteiger partial charge in [-0.05, 0) is 25.1 Å². The van der Waals surface area contributed by atoms with E-state index in [0.29, 0.717) is 6.07 Å². The standard InChI is InChI=1S/C12H12F3NO4/c1-6(11(18)19-2)20-9-4-3-7(10(16)17)5-8(9)12(13,14)15/h3-6H,1-2H3,(H2,16,17)/t6-/m1/s1. The Kier molecular flexibility index (Phi) is 4.59. The molecule has 0 saturated carbocycles. The fraction of sp³-hybridized carbons (Fsp3) is 0.333. The van der Waals surface area contributed by atoms with Gasteiger partial charge in [0.2, 0.25) is 5.91 Å². The summed E-state index contributed by atoms with van der Waals surface area (Å²) in [6, 6.07) is 2.58. The topological polar surface area (TPSA) is 78.6 Å². The number of amides is 1. The molecule has 5 nitrogen and oxygen atoms in total. The zero-order chi connectivity index (χ0) is 15.5. The highest BCUT2D eigenvalue weighted by atomic mass is 19.4. The number of methoxy groups -OCH3 is 1. The molecule has 1 atom stereocenters. The summed E-state index contributed by atoms with van der Waals surface area (Å²) in [6.07, 6.45) is -5.98. The van der Waals surface area contributed by atoms with Crippen molar-refractivity contribution in [3.63, 3.8) is 0 Å². The maximum absolute atomic E-state index is 12.9. The largest absolute Gasteiger partial charge is 0.478 e. The second-order valence-corrected chi connectivity index (χ2v) is 3.86. The average molecular weight is 291 g/mol. The molecule has 0 spiro atoms. The molecule has 20 heavy (non-hydrogen) atoms. The number of benzene rings is 1. The van der Waals surface area contributed by atoms with Crippen molar-refractivity contribution in [3.8, 4) is 5.75 Å². The van der Waals surface area contributed by atoms with Crippen molar-refractivity contribution in [2.45, 2.75) is 19.2 Å². The summed E-state index contributed by atoms with van der Waals surface area (Å²) in [5.41, 5.74) is 3.43. The van der Waals surface area contributed by atoms with E-state index in [-0.39, 0.29) is 5.56 Å². The third-order valence-corrected chi connectivity index (χ3v) is 2.41. The lowest BCUT2D eigenvalue weighted by Crippen LogP contribution is -2.26. The zero-order valence-electron chi connectivity index (χ0n) is 10.7. The summed E-state index contributed by atoms with van der Waals surface area (Å²) < 4.78 is 47.9. The highest BCUT2D eigenvalue weighted by Gasteiger charge is 2.36. The molecule has 0 saturated heterocycles. The van der Waals surface area contributed by atoms with Crippen LogP contribution in [0.1, 0.15) is 22.8 Å². The first-order valence-electron chi connectivity index (χ1n) is 5.42. The Morgan fingerprint density at radius 3 is 2.35 bits per heavy atom. The van der Waals surface area contributed by atoms with Gasteiger partial charge >= 0.3 is 12.1 Å². The summed E-state index contributed by atoms with van der Waals surface area (Å²) >= 11 is 0. The van der Waals surface area contributed by atoms with Crippen LogP contribution in [0.25, 0.3) is 0 Å². The van der Waals surface area contributed by atoms with E-state index in [4.69, 9.17) is 10.5 Å². The Balaban J connectivity index is 3.19.